The van der Waals surface area contributed by atoms with Crippen molar-refractivity contribution in [3.8, 4) is 0 Å². The van der Waals surface area contributed by atoms with Crippen LogP contribution in [0.5, 0.6) is 0 Å². The van der Waals surface area contributed by atoms with Gasteiger partial charge in [-0.05, 0) is 234 Å². The van der Waals surface area contributed by atoms with E-state index in [2.05, 4.69) is 329 Å². The number of benzene rings is 16. The number of anilines is 6. The fourth-order valence-electron chi connectivity index (χ4n) is 15.3. The number of hydrogen-bond donors (Lipinski definition) is 0. The fourth-order valence-corrected chi connectivity index (χ4v) is 15.3. The summed E-state index contributed by atoms with van der Waals surface area (Å²) in [5, 5.41) is 20.4. The summed E-state index contributed by atoms with van der Waals surface area (Å²) in [5.41, 5.74) is 21.7. The van der Waals surface area contributed by atoms with Crippen molar-refractivity contribution >= 4 is 150 Å². The Balaban J connectivity index is 0.810. The Kier molecular flexibility index (Phi) is 13.8. The van der Waals surface area contributed by atoms with Crippen molar-refractivity contribution in [2.45, 2.75) is 59.8 Å². The van der Waals surface area contributed by atoms with Gasteiger partial charge in [-0.15, -0.1) is 0 Å². The van der Waals surface area contributed by atoms with Gasteiger partial charge in [0.1, 0.15) is 0 Å². The van der Waals surface area contributed by atoms with E-state index in [0.29, 0.717) is 0 Å². The first-order valence-electron chi connectivity index (χ1n) is 33.2. The molecule has 1 fully saturated rings. The second-order valence-corrected chi connectivity index (χ2v) is 26.1. The second kappa shape index (κ2) is 23.0. The summed E-state index contributed by atoms with van der Waals surface area (Å²) >= 11 is 0. The minimum atomic E-state index is 1.10. The summed E-state index contributed by atoms with van der Waals surface area (Å²) in [6.45, 7) is 8.63. The minimum absolute atomic E-state index is 1.10. The average molecular weight is 1190 g/mol. The number of allylic oxidation sites excluding steroid dienone is 1. The number of rotatable bonds is 12. The Labute approximate surface area is 544 Å². The lowest BCUT2D eigenvalue weighted by Crippen LogP contribution is -2.10. The van der Waals surface area contributed by atoms with Crippen molar-refractivity contribution in [3.63, 3.8) is 0 Å². The van der Waals surface area contributed by atoms with Crippen LogP contribution in [-0.4, -0.2) is 0 Å². The topological polar surface area (TPSA) is 6.48 Å². The molecule has 1 aliphatic rings. The normalized spacial score (nSPS) is 13.2. The van der Waals surface area contributed by atoms with Crippen LogP contribution in [0.3, 0.4) is 0 Å². The zero-order valence-electron chi connectivity index (χ0n) is 53.1. The van der Waals surface area contributed by atoms with Gasteiger partial charge in [0.2, 0.25) is 0 Å². The maximum atomic E-state index is 2.47. The molecule has 444 valence electrons. The predicted molar refractivity (Wildman–Crippen MR) is 403 cm³/mol. The number of aryl methyl sites for hydroxylation is 4. The smallest absolute Gasteiger partial charge is 0.0540 e. The first-order chi connectivity index (χ1) is 45.7. The Bertz CT molecular complexity index is 5610. The summed E-state index contributed by atoms with van der Waals surface area (Å²) in [4.78, 5) is 4.91. The van der Waals surface area contributed by atoms with E-state index in [1.165, 1.54) is 168 Å². The zero-order valence-corrected chi connectivity index (χ0v) is 53.1. The van der Waals surface area contributed by atoms with Gasteiger partial charge in [0.15, 0.2) is 0 Å². The molecule has 16 aromatic carbocycles. The highest BCUT2D eigenvalue weighted by molar-refractivity contribution is 6.48. The quantitative estimate of drug-likeness (QED) is 0.0683. The van der Waals surface area contributed by atoms with Gasteiger partial charge in [-0.1, -0.05) is 259 Å². The van der Waals surface area contributed by atoms with Crippen LogP contribution in [0.25, 0.3) is 116 Å². The molecule has 0 N–H and O–H groups in total. The highest BCUT2D eigenvalue weighted by Crippen LogP contribution is 2.53. The van der Waals surface area contributed by atoms with Crippen LogP contribution < -0.4 is 9.80 Å². The zero-order chi connectivity index (χ0) is 62.3. The summed E-state index contributed by atoms with van der Waals surface area (Å²) in [6, 6.07) is 101. The lowest BCUT2D eigenvalue weighted by atomic mass is 9.81. The fraction of sp³-hybridized carbons (Fsp3) is 0.0989. The van der Waals surface area contributed by atoms with Gasteiger partial charge in [0, 0.05) is 33.5 Å². The number of nitrogens with zero attached hydrogens (tertiary/aromatic N) is 2. The van der Waals surface area contributed by atoms with Crippen molar-refractivity contribution in [3.05, 3.63) is 328 Å². The SMILES string of the molecule is Cc1ccc(/C=C/c2ccc(N(c3ccc(C)cc3)c3ccc4c5cccc6c5c(c5cccc3c45)c3cccc4c5ccc(N(c7ccc(C)cc7)c7ccc(/C=C(\c8ccc(C)cc8)c8ccc(C=C9CCCCC9)cc8)cc7)c7cccc(c75)c6c43)cc2)cc1. The third-order valence-electron chi connectivity index (χ3n) is 20.0. The Morgan fingerprint density at radius 1 is 0.269 bits per heavy atom. The van der Waals surface area contributed by atoms with E-state index in [0.717, 1.165) is 45.3 Å². The van der Waals surface area contributed by atoms with Crippen LogP contribution >= 0.6 is 0 Å². The molecule has 0 amide bonds. The monoisotopic (exact) mass is 1190 g/mol. The van der Waals surface area contributed by atoms with E-state index in [-0.39, 0.29) is 0 Å². The van der Waals surface area contributed by atoms with Crippen LogP contribution in [0.15, 0.2) is 272 Å². The average Bonchev–Trinajstić information content (AvgIpc) is 0.682. The molecule has 0 unspecified atom stereocenters. The first kappa shape index (κ1) is 56.0. The van der Waals surface area contributed by atoms with Crippen LogP contribution in [0.2, 0.25) is 0 Å². The summed E-state index contributed by atoms with van der Waals surface area (Å²) in [6.07, 6.45) is 15.6. The van der Waals surface area contributed by atoms with Crippen molar-refractivity contribution in [2.75, 3.05) is 9.80 Å². The van der Waals surface area contributed by atoms with Crippen molar-refractivity contribution in [2.24, 2.45) is 0 Å². The molecule has 0 bridgehead atoms. The van der Waals surface area contributed by atoms with Crippen molar-refractivity contribution in [1.82, 2.24) is 0 Å². The molecule has 0 heterocycles. The molecule has 93 heavy (non-hydrogen) atoms. The molecule has 2 heteroatoms. The van der Waals surface area contributed by atoms with Gasteiger partial charge in [-0.25, -0.2) is 0 Å². The third-order valence-corrected chi connectivity index (χ3v) is 20.0. The van der Waals surface area contributed by atoms with Gasteiger partial charge in [-0.2, -0.15) is 0 Å². The van der Waals surface area contributed by atoms with Crippen molar-refractivity contribution in [1.29, 1.82) is 0 Å². The van der Waals surface area contributed by atoms with Gasteiger partial charge in [-0.3, -0.25) is 0 Å². The maximum absolute atomic E-state index is 2.47. The van der Waals surface area contributed by atoms with Gasteiger partial charge >= 0.3 is 0 Å². The minimum Gasteiger partial charge on any atom is -0.310 e. The van der Waals surface area contributed by atoms with Crippen LogP contribution in [0.4, 0.5) is 34.1 Å². The van der Waals surface area contributed by atoms with E-state index < -0.39 is 0 Å². The van der Waals surface area contributed by atoms with E-state index in [1.54, 1.807) is 5.57 Å². The van der Waals surface area contributed by atoms with E-state index in [9.17, 15) is 0 Å². The van der Waals surface area contributed by atoms with Crippen LogP contribution in [0, 0.1) is 27.7 Å². The van der Waals surface area contributed by atoms with E-state index in [4.69, 9.17) is 0 Å². The van der Waals surface area contributed by atoms with Gasteiger partial charge in [0.25, 0.3) is 0 Å². The van der Waals surface area contributed by atoms with E-state index in [1.807, 2.05) is 0 Å². The largest absolute Gasteiger partial charge is 0.310 e. The van der Waals surface area contributed by atoms with Gasteiger partial charge in [0.05, 0.1) is 11.4 Å². The van der Waals surface area contributed by atoms with Crippen molar-refractivity contribution < 1.29 is 0 Å². The molecule has 17 rings (SSSR count). The molecule has 0 radical (unpaired) electrons. The Hall–Kier alpha value is -11.1. The lowest BCUT2D eigenvalue weighted by Gasteiger charge is -2.29. The van der Waals surface area contributed by atoms with Crippen LogP contribution in [-0.2, 0) is 0 Å². The van der Waals surface area contributed by atoms with Gasteiger partial charge < -0.3 is 9.80 Å². The lowest BCUT2D eigenvalue weighted by molar-refractivity contribution is 0.602. The molecule has 0 saturated heterocycles. The molecule has 1 aliphatic carbocycles. The Morgan fingerprint density at radius 3 is 1.02 bits per heavy atom. The molecule has 0 aromatic heterocycles. The summed E-state index contributed by atoms with van der Waals surface area (Å²) in [7, 11) is 0. The third kappa shape index (κ3) is 9.88. The molecule has 1 saturated carbocycles. The van der Waals surface area contributed by atoms with Crippen LogP contribution in [0.1, 0.15) is 87.7 Å². The maximum Gasteiger partial charge on any atom is 0.0540 e. The number of fused-ring (bicyclic) bond motifs is 6. The molecular formula is C91H70N2. The molecule has 16 aromatic rings. The Morgan fingerprint density at radius 2 is 0.581 bits per heavy atom. The second-order valence-electron chi connectivity index (χ2n) is 26.1. The highest BCUT2D eigenvalue weighted by Gasteiger charge is 2.26. The molecule has 0 aliphatic heterocycles. The summed E-state index contributed by atoms with van der Waals surface area (Å²) < 4.78 is 0. The molecule has 2 nitrogen and oxygen atoms in total. The summed E-state index contributed by atoms with van der Waals surface area (Å²) in [5.74, 6) is 0. The standard InChI is InChI=1S/C91H70N2/c1-58-22-30-62(31-23-58)32-33-63-36-48-71(49-37-63)92(69-44-26-60(3)27-45-69)84-54-52-75-73-14-8-21-82-88(73)90(79-18-10-16-77(84)86(75)79)81-20-9-15-74-76-53-55-85(78-17-11-19-80(87(76)78)91(82)89(74)81)93(70-46-28-61(4)29-47-70)72-50-38-66(39-51-72)57-83(67-40-24-59(2)25-41-67)68-42-34-65(35-43-68)56-64-12-6-5-7-13-64/h8-11,14-57H,5-7,12-13H2,1-4H3/b33-32+,83-57+. The molecule has 0 atom stereocenters. The predicted octanol–water partition coefficient (Wildman–Crippen LogP) is 26.1. The van der Waals surface area contributed by atoms with E-state index >= 15 is 0 Å². The molecular weight excluding hydrogens is 1120 g/mol. The molecule has 0 spiro atoms. The first-order valence-corrected chi connectivity index (χ1v) is 33.2. The number of hydrogen-bond acceptors (Lipinski definition) is 2. The highest BCUT2D eigenvalue weighted by atomic mass is 15.1.